The highest BCUT2D eigenvalue weighted by Gasteiger charge is 2.39. The maximum absolute atomic E-state index is 12.9. The number of benzene rings is 1. The summed E-state index contributed by atoms with van der Waals surface area (Å²) in [6.07, 6.45) is 8.64. The zero-order chi connectivity index (χ0) is 22.8. The van der Waals surface area contributed by atoms with E-state index in [4.69, 9.17) is 4.74 Å². The van der Waals surface area contributed by atoms with Crippen LogP contribution in [-0.2, 0) is 22.7 Å². The number of nitrogens with one attached hydrogen (secondary N) is 2. The van der Waals surface area contributed by atoms with Crippen molar-refractivity contribution in [3.63, 3.8) is 0 Å². The van der Waals surface area contributed by atoms with Crippen LogP contribution in [0, 0.1) is 0 Å². The minimum Gasteiger partial charge on any atom is -0.489 e. The van der Waals surface area contributed by atoms with Crippen LogP contribution in [0.3, 0.4) is 0 Å². The van der Waals surface area contributed by atoms with Crippen molar-refractivity contribution in [3.05, 3.63) is 59.4 Å². The van der Waals surface area contributed by atoms with Gasteiger partial charge in [-0.15, -0.1) is 0 Å². The molecule has 2 aromatic rings. The van der Waals surface area contributed by atoms with Gasteiger partial charge in [-0.3, -0.25) is 24.7 Å². The van der Waals surface area contributed by atoms with E-state index >= 15 is 0 Å². The molecule has 8 nitrogen and oxygen atoms in total. The molecular weight excluding hydrogens is 420 g/mol. The highest BCUT2D eigenvalue weighted by Crippen LogP contribution is 2.32. The first-order chi connectivity index (χ1) is 16.1. The third-order valence-corrected chi connectivity index (χ3v) is 6.78. The van der Waals surface area contributed by atoms with Crippen LogP contribution in [0.5, 0.6) is 5.75 Å². The Bertz CT molecular complexity index is 1060. The quantitative estimate of drug-likeness (QED) is 0.658. The highest BCUT2D eigenvalue weighted by atomic mass is 16.5. The SMILES string of the molecule is O=C1CCC(N2Cc3cc(O[C@H]4CCCC[C@H]4NCc4cccnc4)ccc3C2=O)C(=O)N1. The van der Waals surface area contributed by atoms with Crippen molar-refractivity contribution in [2.24, 2.45) is 0 Å². The molecule has 0 radical (unpaired) electrons. The predicted octanol–water partition coefficient (Wildman–Crippen LogP) is 2.32. The molecule has 2 N–H and O–H groups in total. The van der Waals surface area contributed by atoms with Crippen molar-refractivity contribution in [2.75, 3.05) is 0 Å². The molecule has 3 atom stereocenters. The maximum atomic E-state index is 12.9. The number of nitrogens with zero attached hydrogens (tertiary/aromatic N) is 2. The van der Waals surface area contributed by atoms with Gasteiger partial charge < -0.3 is 15.0 Å². The third-order valence-electron chi connectivity index (χ3n) is 6.78. The fourth-order valence-corrected chi connectivity index (χ4v) is 5.02. The first-order valence-corrected chi connectivity index (χ1v) is 11.6. The van der Waals surface area contributed by atoms with Gasteiger partial charge in [0.25, 0.3) is 5.91 Å². The lowest BCUT2D eigenvalue weighted by molar-refractivity contribution is -0.136. The highest BCUT2D eigenvalue weighted by molar-refractivity contribution is 6.05. The van der Waals surface area contributed by atoms with Crippen molar-refractivity contribution in [1.82, 2.24) is 20.5 Å². The van der Waals surface area contributed by atoms with Crippen LogP contribution in [0.15, 0.2) is 42.7 Å². The summed E-state index contributed by atoms with van der Waals surface area (Å²) in [7, 11) is 0. The number of carbonyl (C=O) groups excluding carboxylic acids is 3. The average molecular weight is 449 g/mol. The third kappa shape index (κ3) is 4.61. The van der Waals surface area contributed by atoms with E-state index in [1.165, 1.54) is 6.42 Å². The van der Waals surface area contributed by atoms with Crippen LogP contribution in [0.2, 0.25) is 0 Å². The Labute approximate surface area is 192 Å². The van der Waals surface area contributed by atoms with Crippen LogP contribution in [0.25, 0.3) is 0 Å². The monoisotopic (exact) mass is 448 g/mol. The lowest BCUT2D eigenvalue weighted by Gasteiger charge is -2.32. The second-order valence-electron chi connectivity index (χ2n) is 9.01. The smallest absolute Gasteiger partial charge is 0.255 e. The molecule has 3 heterocycles. The van der Waals surface area contributed by atoms with Gasteiger partial charge in [0.15, 0.2) is 0 Å². The van der Waals surface area contributed by atoms with E-state index in [1.54, 1.807) is 17.2 Å². The molecular formula is C25H28N4O4. The molecule has 172 valence electrons. The number of aromatic nitrogens is 1. The molecule has 5 rings (SSSR count). The van der Waals surface area contributed by atoms with Crippen molar-refractivity contribution >= 4 is 17.7 Å². The fraction of sp³-hybridized carbons (Fsp3) is 0.440. The van der Waals surface area contributed by atoms with E-state index in [9.17, 15) is 14.4 Å². The summed E-state index contributed by atoms with van der Waals surface area (Å²) in [6, 6.07) is 9.20. The standard InChI is InChI=1S/C25H28N4O4/c30-23-10-9-21(24(31)28-23)29-15-17-12-18(7-8-19(17)25(29)32)33-22-6-2-1-5-20(22)27-14-16-4-3-11-26-13-16/h3-4,7-8,11-13,20-22,27H,1-2,5-6,9-10,14-15H2,(H,28,30,31)/t20-,21?,22+/m1/s1. The minimum absolute atomic E-state index is 0.0526. The molecule has 1 unspecified atom stereocenters. The number of fused-ring (bicyclic) bond motifs is 1. The average Bonchev–Trinajstić information content (AvgIpc) is 3.14. The Kier molecular flexibility index (Phi) is 6.09. The van der Waals surface area contributed by atoms with Crippen LogP contribution >= 0.6 is 0 Å². The summed E-state index contributed by atoms with van der Waals surface area (Å²) < 4.78 is 6.40. The van der Waals surface area contributed by atoms with Crippen molar-refractivity contribution < 1.29 is 19.1 Å². The molecule has 3 amide bonds. The fourth-order valence-electron chi connectivity index (χ4n) is 5.02. The van der Waals surface area contributed by atoms with E-state index in [0.29, 0.717) is 18.5 Å². The number of ether oxygens (including phenoxy) is 1. The lowest BCUT2D eigenvalue weighted by Crippen LogP contribution is -2.52. The Balaban J connectivity index is 1.25. The Morgan fingerprint density at radius 1 is 1.12 bits per heavy atom. The summed E-state index contributed by atoms with van der Waals surface area (Å²) in [5.41, 5.74) is 2.60. The van der Waals surface area contributed by atoms with Crippen molar-refractivity contribution in [3.8, 4) is 5.75 Å². The molecule has 1 saturated heterocycles. The number of amides is 3. The molecule has 33 heavy (non-hydrogen) atoms. The van der Waals surface area contributed by atoms with Gasteiger partial charge in [-0.1, -0.05) is 12.5 Å². The molecule has 2 aliphatic heterocycles. The number of pyridine rings is 1. The Morgan fingerprint density at radius 3 is 2.82 bits per heavy atom. The van der Waals surface area contributed by atoms with E-state index in [1.807, 2.05) is 24.4 Å². The van der Waals surface area contributed by atoms with Gasteiger partial charge >= 0.3 is 0 Å². The molecule has 1 saturated carbocycles. The molecule has 1 aromatic carbocycles. The van der Waals surface area contributed by atoms with Crippen molar-refractivity contribution in [1.29, 1.82) is 0 Å². The molecule has 0 spiro atoms. The Morgan fingerprint density at radius 2 is 2.00 bits per heavy atom. The van der Waals surface area contributed by atoms with E-state index < -0.39 is 11.9 Å². The largest absolute Gasteiger partial charge is 0.489 e. The van der Waals surface area contributed by atoms with Crippen LogP contribution in [0.4, 0.5) is 0 Å². The van der Waals surface area contributed by atoms with Gasteiger partial charge in [-0.05, 0) is 61.1 Å². The van der Waals surface area contributed by atoms with Crippen molar-refractivity contribution in [2.45, 2.75) is 69.8 Å². The number of hydrogen-bond donors (Lipinski definition) is 2. The van der Waals surface area contributed by atoms with Gasteiger partial charge in [-0.25, -0.2) is 0 Å². The minimum atomic E-state index is -0.605. The maximum Gasteiger partial charge on any atom is 0.255 e. The van der Waals surface area contributed by atoms with Gasteiger partial charge in [0.05, 0.1) is 0 Å². The first-order valence-electron chi connectivity index (χ1n) is 11.6. The van der Waals surface area contributed by atoms with E-state index in [2.05, 4.69) is 21.7 Å². The van der Waals surface area contributed by atoms with Crippen LogP contribution < -0.4 is 15.4 Å². The number of carbonyl (C=O) groups is 3. The molecule has 2 fully saturated rings. The summed E-state index contributed by atoms with van der Waals surface area (Å²) in [5.74, 6) is -0.102. The van der Waals surface area contributed by atoms with Gasteiger partial charge in [0.1, 0.15) is 17.9 Å². The lowest BCUT2D eigenvalue weighted by atomic mass is 9.92. The summed E-state index contributed by atoms with van der Waals surface area (Å²) in [4.78, 5) is 42.4. The van der Waals surface area contributed by atoms with E-state index in [-0.39, 0.29) is 30.4 Å². The summed E-state index contributed by atoms with van der Waals surface area (Å²) >= 11 is 0. The molecule has 0 bridgehead atoms. The number of rotatable bonds is 6. The number of hydrogen-bond acceptors (Lipinski definition) is 6. The second kappa shape index (κ2) is 9.31. The predicted molar refractivity (Wildman–Crippen MR) is 120 cm³/mol. The van der Waals surface area contributed by atoms with Gasteiger partial charge in [-0.2, -0.15) is 0 Å². The molecule has 1 aromatic heterocycles. The molecule has 3 aliphatic rings. The Hall–Kier alpha value is -3.26. The molecule has 8 heteroatoms. The summed E-state index contributed by atoms with van der Waals surface area (Å²) in [5, 5.41) is 5.97. The number of imide groups is 1. The number of piperidine rings is 1. The van der Waals surface area contributed by atoms with Crippen LogP contribution in [-0.4, -0.2) is 45.8 Å². The second-order valence-corrected chi connectivity index (χ2v) is 9.01. The van der Waals surface area contributed by atoms with Gasteiger partial charge in [0.2, 0.25) is 11.8 Å². The van der Waals surface area contributed by atoms with E-state index in [0.717, 1.165) is 42.7 Å². The zero-order valence-corrected chi connectivity index (χ0v) is 18.5. The van der Waals surface area contributed by atoms with Gasteiger partial charge in [0, 0.05) is 43.5 Å². The summed E-state index contributed by atoms with van der Waals surface area (Å²) in [6.45, 7) is 1.10. The first kappa shape index (κ1) is 21.6. The van der Waals surface area contributed by atoms with Crippen LogP contribution in [0.1, 0.15) is 60.0 Å². The zero-order valence-electron chi connectivity index (χ0n) is 18.5. The normalized spacial score (nSPS) is 25.0. The molecule has 1 aliphatic carbocycles. The topological polar surface area (TPSA) is 101 Å².